The lowest BCUT2D eigenvalue weighted by Gasteiger charge is -2.06. The molecule has 0 heterocycles. The Morgan fingerprint density at radius 2 is 1.39 bits per heavy atom. The standard InChI is InChI=1S/C16H30O2/c1-4-6-8-9-10-11-12-14-16(17)18-15(3)13-7-5-2/h3-14H2,1-2H3. The molecule has 0 aromatic carbocycles. The maximum Gasteiger partial charge on any atom is 0.310 e. The predicted molar refractivity (Wildman–Crippen MR) is 77.4 cm³/mol. The molecular weight excluding hydrogens is 224 g/mol. The number of rotatable bonds is 12. The van der Waals surface area contributed by atoms with Crippen molar-refractivity contribution >= 4 is 5.97 Å². The number of carbonyl (C=O) groups is 1. The average Bonchev–Trinajstić information content (AvgIpc) is 2.35. The highest BCUT2D eigenvalue weighted by Gasteiger charge is 2.05. The second-order valence-corrected chi connectivity index (χ2v) is 4.99. The van der Waals surface area contributed by atoms with Gasteiger partial charge in [-0.15, -0.1) is 0 Å². The van der Waals surface area contributed by atoms with Gasteiger partial charge in [0.15, 0.2) is 0 Å². The molecule has 0 aliphatic heterocycles. The smallest absolute Gasteiger partial charge is 0.310 e. The summed E-state index contributed by atoms with van der Waals surface area (Å²) in [5.74, 6) is 0.523. The van der Waals surface area contributed by atoms with E-state index in [1.165, 1.54) is 32.1 Å². The summed E-state index contributed by atoms with van der Waals surface area (Å²) in [7, 11) is 0. The summed E-state index contributed by atoms with van der Waals surface area (Å²) >= 11 is 0. The van der Waals surface area contributed by atoms with E-state index in [4.69, 9.17) is 4.74 Å². The van der Waals surface area contributed by atoms with E-state index in [2.05, 4.69) is 20.4 Å². The van der Waals surface area contributed by atoms with Gasteiger partial charge in [0.25, 0.3) is 0 Å². The highest BCUT2D eigenvalue weighted by atomic mass is 16.5. The van der Waals surface area contributed by atoms with Crippen molar-refractivity contribution in [1.82, 2.24) is 0 Å². The van der Waals surface area contributed by atoms with Gasteiger partial charge in [0.2, 0.25) is 0 Å². The van der Waals surface area contributed by atoms with Gasteiger partial charge < -0.3 is 4.74 Å². The van der Waals surface area contributed by atoms with Crippen molar-refractivity contribution in [2.45, 2.75) is 84.5 Å². The molecular formula is C16H30O2. The van der Waals surface area contributed by atoms with Crippen LogP contribution in [0.15, 0.2) is 12.3 Å². The van der Waals surface area contributed by atoms with Gasteiger partial charge >= 0.3 is 5.97 Å². The quantitative estimate of drug-likeness (QED) is 0.266. The SMILES string of the molecule is C=C(CCCC)OC(=O)CCCCCCCCC. The predicted octanol–water partition coefficient (Wildman–Crippen LogP) is 5.37. The number of hydrogen-bond acceptors (Lipinski definition) is 2. The van der Waals surface area contributed by atoms with E-state index in [0.29, 0.717) is 12.2 Å². The van der Waals surface area contributed by atoms with Gasteiger partial charge in [-0.05, 0) is 12.8 Å². The second-order valence-electron chi connectivity index (χ2n) is 4.99. The molecule has 0 aliphatic carbocycles. The maximum atomic E-state index is 11.5. The molecule has 0 saturated carbocycles. The van der Waals surface area contributed by atoms with Gasteiger partial charge in [0, 0.05) is 12.8 Å². The second kappa shape index (κ2) is 12.7. The topological polar surface area (TPSA) is 26.3 Å². The Labute approximate surface area is 113 Å². The summed E-state index contributed by atoms with van der Waals surface area (Å²) in [5.41, 5.74) is 0. The van der Waals surface area contributed by atoms with Gasteiger partial charge in [0.1, 0.15) is 5.76 Å². The summed E-state index contributed by atoms with van der Waals surface area (Å²) in [6.07, 6.45) is 12.1. The zero-order chi connectivity index (χ0) is 13.6. The molecule has 18 heavy (non-hydrogen) atoms. The van der Waals surface area contributed by atoms with Crippen LogP contribution in [0.2, 0.25) is 0 Å². The van der Waals surface area contributed by atoms with Crippen LogP contribution in [-0.4, -0.2) is 5.97 Å². The van der Waals surface area contributed by atoms with Crippen molar-refractivity contribution in [3.8, 4) is 0 Å². The van der Waals surface area contributed by atoms with Crippen molar-refractivity contribution < 1.29 is 9.53 Å². The monoisotopic (exact) mass is 254 g/mol. The minimum atomic E-state index is -0.107. The van der Waals surface area contributed by atoms with Crippen molar-refractivity contribution in [2.24, 2.45) is 0 Å². The molecule has 0 aromatic heterocycles. The van der Waals surface area contributed by atoms with Gasteiger partial charge in [-0.2, -0.15) is 0 Å². The number of hydrogen-bond donors (Lipinski definition) is 0. The fraction of sp³-hybridized carbons (Fsp3) is 0.812. The lowest BCUT2D eigenvalue weighted by atomic mass is 10.1. The molecule has 0 aliphatic rings. The van der Waals surface area contributed by atoms with Crippen LogP contribution in [0, 0.1) is 0 Å². The van der Waals surface area contributed by atoms with E-state index in [-0.39, 0.29) is 5.97 Å². The van der Waals surface area contributed by atoms with Crippen LogP contribution in [0.1, 0.15) is 84.5 Å². The highest BCUT2D eigenvalue weighted by Crippen LogP contribution is 2.11. The Morgan fingerprint density at radius 1 is 0.833 bits per heavy atom. The van der Waals surface area contributed by atoms with Gasteiger partial charge in [0.05, 0.1) is 0 Å². The van der Waals surface area contributed by atoms with E-state index in [1.54, 1.807) is 0 Å². The molecule has 0 aromatic rings. The molecule has 0 fully saturated rings. The number of unbranched alkanes of at least 4 members (excludes halogenated alkanes) is 7. The molecule has 2 nitrogen and oxygen atoms in total. The Kier molecular flexibility index (Phi) is 12.1. The van der Waals surface area contributed by atoms with E-state index >= 15 is 0 Å². The molecule has 0 saturated heterocycles. The Morgan fingerprint density at radius 3 is 2.00 bits per heavy atom. The molecule has 0 unspecified atom stereocenters. The molecule has 0 atom stereocenters. The third kappa shape index (κ3) is 11.7. The van der Waals surface area contributed by atoms with Gasteiger partial charge in [-0.1, -0.05) is 65.4 Å². The zero-order valence-electron chi connectivity index (χ0n) is 12.3. The minimum Gasteiger partial charge on any atom is -0.432 e. The number of esters is 1. The molecule has 0 rings (SSSR count). The summed E-state index contributed by atoms with van der Waals surface area (Å²) in [6.45, 7) is 8.11. The van der Waals surface area contributed by atoms with E-state index < -0.39 is 0 Å². The fourth-order valence-corrected chi connectivity index (χ4v) is 1.86. The first kappa shape index (κ1) is 17.2. The first-order valence-electron chi connectivity index (χ1n) is 7.59. The molecule has 0 N–H and O–H groups in total. The molecule has 0 amide bonds. The molecule has 106 valence electrons. The van der Waals surface area contributed by atoms with Crippen LogP contribution >= 0.6 is 0 Å². The zero-order valence-corrected chi connectivity index (χ0v) is 12.3. The van der Waals surface area contributed by atoms with Gasteiger partial charge in [-0.25, -0.2) is 0 Å². The summed E-state index contributed by atoms with van der Waals surface area (Å²) in [6, 6.07) is 0. The first-order valence-corrected chi connectivity index (χ1v) is 7.59. The van der Waals surface area contributed by atoms with Crippen LogP contribution in [0.25, 0.3) is 0 Å². The van der Waals surface area contributed by atoms with Crippen LogP contribution in [0.4, 0.5) is 0 Å². The highest BCUT2D eigenvalue weighted by molar-refractivity contribution is 5.70. The number of ether oxygens (including phenoxy) is 1. The Bertz CT molecular complexity index is 221. The maximum absolute atomic E-state index is 11.5. The van der Waals surface area contributed by atoms with Crippen LogP contribution in [-0.2, 0) is 9.53 Å². The summed E-state index contributed by atoms with van der Waals surface area (Å²) in [4.78, 5) is 11.5. The fourth-order valence-electron chi connectivity index (χ4n) is 1.86. The normalized spacial score (nSPS) is 10.3. The average molecular weight is 254 g/mol. The van der Waals surface area contributed by atoms with E-state index in [0.717, 1.165) is 32.1 Å². The van der Waals surface area contributed by atoms with Crippen molar-refractivity contribution in [1.29, 1.82) is 0 Å². The van der Waals surface area contributed by atoms with Crippen LogP contribution in [0.5, 0.6) is 0 Å². The first-order chi connectivity index (χ1) is 8.70. The summed E-state index contributed by atoms with van der Waals surface area (Å²) < 4.78 is 5.16. The van der Waals surface area contributed by atoms with Crippen molar-refractivity contribution in [3.05, 3.63) is 12.3 Å². The molecule has 0 radical (unpaired) electrons. The van der Waals surface area contributed by atoms with E-state index in [9.17, 15) is 4.79 Å². The third-order valence-electron chi connectivity index (χ3n) is 3.05. The van der Waals surface area contributed by atoms with Gasteiger partial charge in [-0.3, -0.25) is 4.79 Å². The van der Waals surface area contributed by atoms with Crippen LogP contribution in [0.3, 0.4) is 0 Å². The number of carbonyl (C=O) groups excluding carboxylic acids is 1. The van der Waals surface area contributed by atoms with Crippen LogP contribution < -0.4 is 0 Å². The Balaban J connectivity index is 3.34. The molecule has 2 heteroatoms. The molecule has 0 bridgehead atoms. The largest absolute Gasteiger partial charge is 0.432 e. The minimum absolute atomic E-state index is 0.107. The summed E-state index contributed by atoms with van der Waals surface area (Å²) in [5, 5.41) is 0. The lowest BCUT2D eigenvalue weighted by Crippen LogP contribution is -2.03. The van der Waals surface area contributed by atoms with Crippen molar-refractivity contribution in [3.63, 3.8) is 0 Å². The molecule has 0 spiro atoms. The number of allylic oxidation sites excluding steroid dienone is 1. The van der Waals surface area contributed by atoms with E-state index in [1.807, 2.05) is 0 Å². The van der Waals surface area contributed by atoms with Crippen molar-refractivity contribution in [2.75, 3.05) is 0 Å². The lowest BCUT2D eigenvalue weighted by molar-refractivity contribution is -0.139. The third-order valence-corrected chi connectivity index (χ3v) is 3.05. The Hall–Kier alpha value is -0.790.